The zero-order valence-electron chi connectivity index (χ0n) is 12.7. The lowest BCUT2D eigenvalue weighted by atomic mass is 9.99. The summed E-state index contributed by atoms with van der Waals surface area (Å²) in [5, 5.41) is 0. The van der Waals surface area contributed by atoms with Gasteiger partial charge in [-0.3, -0.25) is 9.59 Å². The zero-order chi connectivity index (χ0) is 15.3. The fourth-order valence-corrected chi connectivity index (χ4v) is 5.32. The van der Waals surface area contributed by atoms with Gasteiger partial charge in [0.15, 0.2) is 0 Å². The van der Waals surface area contributed by atoms with Gasteiger partial charge in [-0.25, -0.2) is 0 Å². The highest BCUT2D eigenvalue weighted by atomic mass is 32.2. The minimum atomic E-state index is -0.268. The van der Waals surface area contributed by atoms with Crippen LogP contribution in [0.15, 0.2) is 24.3 Å². The fourth-order valence-electron chi connectivity index (χ4n) is 3.90. The van der Waals surface area contributed by atoms with Crippen LogP contribution in [0.4, 0.5) is 0 Å². The number of rotatable bonds is 1. The third-order valence-electron chi connectivity index (χ3n) is 5.17. The summed E-state index contributed by atoms with van der Waals surface area (Å²) in [6.07, 6.45) is 2.35. The molecule has 2 unspecified atom stereocenters. The van der Waals surface area contributed by atoms with Gasteiger partial charge in [-0.05, 0) is 30.9 Å². The van der Waals surface area contributed by atoms with Crippen LogP contribution in [0, 0.1) is 0 Å². The number of fused-ring (bicyclic) bond motifs is 2. The zero-order valence-corrected chi connectivity index (χ0v) is 13.6. The van der Waals surface area contributed by atoms with E-state index >= 15 is 0 Å². The van der Waals surface area contributed by atoms with E-state index in [9.17, 15) is 9.59 Å². The van der Waals surface area contributed by atoms with Crippen LogP contribution in [0.5, 0.6) is 0 Å². The van der Waals surface area contributed by atoms with Crippen LogP contribution in [-0.4, -0.2) is 44.8 Å². The normalized spacial score (nSPS) is 30.4. The summed E-state index contributed by atoms with van der Waals surface area (Å²) in [6.45, 7) is 3.53. The van der Waals surface area contributed by atoms with Gasteiger partial charge in [0.05, 0.1) is 4.87 Å². The van der Waals surface area contributed by atoms with Gasteiger partial charge in [-0.1, -0.05) is 24.3 Å². The van der Waals surface area contributed by atoms with Crippen molar-refractivity contribution in [2.45, 2.75) is 43.6 Å². The van der Waals surface area contributed by atoms with Gasteiger partial charge in [0.25, 0.3) is 0 Å². The van der Waals surface area contributed by atoms with E-state index in [-0.39, 0.29) is 22.7 Å². The van der Waals surface area contributed by atoms with E-state index in [0.29, 0.717) is 13.0 Å². The van der Waals surface area contributed by atoms with Gasteiger partial charge >= 0.3 is 0 Å². The first-order valence-corrected chi connectivity index (χ1v) is 8.89. The lowest BCUT2D eigenvalue weighted by Gasteiger charge is -2.35. The van der Waals surface area contributed by atoms with Crippen LogP contribution in [-0.2, 0) is 22.6 Å². The molecule has 3 aliphatic heterocycles. The lowest BCUT2D eigenvalue weighted by molar-refractivity contribution is -0.144. The lowest BCUT2D eigenvalue weighted by Crippen LogP contribution is -2.52. The standard InChI is InChI=1S/C17H20N2O2S/c1-17-8-6-15(20)19(17)14(11-22-17)16(21)18-9-7-12-4-2-3-5-13(12)10-18/h2-5,14H,6-11H2,1H3. The first-order valence-electron chi connectivity index (χ1n) is 7.90. The largest absolute Gasteiger partial charge is 0.336 e. The molecular formula is C17H20N2O2S. The quantitative estimate of drug-likeness (QED) is 0.796. The molecule has 0 spiro atoms. The summed E-state index contributed by atoms with van der Waals surface area (Å²) in [5.74, 6) is 1.00. The highest BCUT2D eigenvalue weighted by molar-refractivity contribution is 8.01. The maximum atomic E-state index is 13.0. The fraction of sp³-hybridized carbons (Fsp3) is 0.529. The smallest absolute Gasteiger partial charge is 0.246 e. The van der Waals surface area contributed by atoms with E-state index in [0.717, 1.165) is 25.1 Å². The summed E-state index contributed by atoms with van der Waals surface area (Å²) >= 11 is 1.76. The molecule has 4 rings (SSSR count). The van der Waals surface area contributed by atoms with Gasteiger partial charge in [0.2, 0.25) is 11.8 Å². The van der Waals surface area contributed by atoms with Crippen molar-refractivity contribution < 1.29 is 9.59 Å². The molecule has 3 aliphatic rings. The molecule has 116 valence electrons. The number of hydrogen-bond donors (Lipinski definition) is 0. The molecule has 1 aromatic rings. The second kappa shape index (κ2) is 5.01. The molecule has 0 saturated carbocycles. The predicted octanol–water partition coefficient (Wildman–Crippen LogP) is 2.03. The SMILES string of the molecule is CC12CCC(=O)N1C(C(=O)N1CCc3ccccc3C1)CS2. The van der Waals surface area contributed by atoms with Gasteiger partial charge < -0.3 is 9.80 Å². The molecule has 3 heterocycles. The van der Waals surface area contributed by atoms with E-state index in [1.807, 2.05) is 15.9 Å². The van der Waals surface area contributed by atoms with Gasteiger partial charge in [0, 0.05) is 25.3 Å². The second-order valence-corrected chi connectivity index (χ2v) is 8.05. The van der Waals surface area contributed by atoms with Gasteiger partial charge in [-0.2, -0.15) is 0 Å². The van der Waals surface area contributed by atoms with E-state index < -0.39 is 0 Å². The summed E-state index contributed by atoms with van der Waals surface area (Å²) in [4.78, 5) is 28.8. The first kappa shape index (κ1) is 14.1. The monoisotopic (exact) mass is 316 g/mol. The summed E-state index contributed by atoms with van der Waals surface area (Å²) in [5.41, 5.74) is 2.58. The van der Waals surface area contributed by atoms with E-state index in [2.05, 4.69) is 25.1 Å². The molecule has 2 saturated heterocycles. The maximum absolute atomic E-state index is 13.0. The Bertz CT molecular complexity index is 647. The Morgan fingerprint density at radius 1 is 1.27 bits per heavy atom. The minimum Gasteiger partial charge on any atom is -0.336 e. The van der Waals surface area contributed by atoms with Crippen molar-refractivity contribution in [3.63, 3.8) is 0 Å². The molecule has 2 atom stereocenters. The molecular weight excluding hydrogens is 296 g/mol. The Morgan fingerprint density at radius 3 is 2.86 bits per heavy atom. The van der Waals surface area contributed by atoms with Crippen LogP contribution >= 0.6 is 11.8 Å². The topological polar surface area (TPSA) is 40.6 Å². The number of hydrogen-bond acceptors (Lipinski definition) is 3. The number of thioether (sulfide) groups is 1. The summed E-state index contributed by atoms with van der Waals surface area (Å²) < 4.78 is 0. The molecule has 0 N–H and O–H groups in total. The Kier molecular flexibility index (Phi) is 3.22. The minimum absolute atomic E-state index is 0.126. The molecule has 0 aromatic heterocycles. The predicted molar refractivity (Wildman–Crippen MR) is 86.3 cm³/mol. The van der Waals surface area contributed by atoms with E-state index in [4.69, 9.17) is 0 Å². The van der Waals surface area contributed by atoms with Crippen LogP contribution < -0.4 is 0 Å². The van der Waals surface area contributed by atoms with Crippen LogP contribution in [0.3, 0.4) is 0 Å². The number of carbonyl (C=O) groups is 2. The van der Waals surface area contributed by atoms with Crippen molar-refractivity contribution in [1.29, 1.82) is 0 Å². The average molecular weight is 316 g/mol. The molecule has 5 heteroatoms. The Balaban J connectivity index is 1.55. The van der Waals surface area contributed by atoms with Crippen molar-refractivity contribution >= 4 is 23.6 Å². The molecule has 4 nitrogen and oxygen atoms in total. The number of carbonyl (C=O) groups excluding carboxylic acids is 2. The van der Waals surface area contributed by atoms with Crippen molar-refractivity contribution in [1.82, 2.24) is 9.80 Å². The highest BCUT2D eigenvalue weighted by Crippen LogP contribution is 2.47. The number of benzene rings is 1. The molecule has 1 aromatic carbocycles. The van der Waals surface area contributed by atoms with Crippen LogP contribution in [0.2, 0.25) is 0 Å². The summed E-state index contributed by atoms with van der Waals surface area (Å²) in [7, 11) is 0. The second-order valence-electron chi connectivity index (χ2n) is 6.54. The maximum Gasteiger partial charge on any atom is 0.246 e. The van der Waals surface area contributed by atoms with Gasteiger partial charge in [-0.15, -0.1) is 11.8 Å². The molecule has 0 aliphatic carbocycles. The van der Waals surface area contributed by atoms with Crippen molar-refractivity contribution in [2.24, 2.45) is 0 Å². The third kappa shape index (κ3) is 2.06. The third-order valence-corrected chi connectivity index (χ3v) is 6.68. The highest BCUT2D eigenvalue weighted by Gasteiger charge is 2.53. The molecule has 2 amide bonds. The van der Waals surface area contributed by atoms with E-state index in [1.54, 1.807) is 11.8 Å². The molecule has 2 fully saturated rings. The Labute approximate surface area is 134 Å². The first-order chi connectivity index (χ1) is 10.6. The molecule has 0 radical (unpaired) electrons. The Morgan fingerprint density at radius 2 is 2.05 bits per heavy atom. The van der Waals surface area contributed by atoms with Crippen molar-refractivity contribution in [3.8, 4) is 0 Å². The van der Waals surface area contributed by atoms with Crippen molar-refractivity contribution in [3.05, 3.63) is 35.4 Å². The molecule has 0 bridgehead atoms. The Hall–Kier alpha value is -1.49. The number of nitrogens with zero attached hydrogens (tertiary/aromatic N) is 2. The van der Waals surface area contributed by atoms with Gasteiger partial charge in [0.1, 0.15) is 6.04 Å². The van der Waals surface area contributed by atoms with E-state index in [1.165, 1.54) is 11.1 Å². The number of amides is 2. The van der Waals surface area contributed by atoms with Crippen LogP contribution in [0.1, 0.15) is 30.9 Å². The van der Waals surface area contributed by atoms with Crippen molar-refractivity contribution in [2.75, 3.05) is 12.3 Å². The summed E-state index contributed by atoms with van der Waals surface area (Å²) in [6, 6.07) is 8.06. The molecule has 22 heavy (non-hydrogen) atoms. The average Bonchev–Trinajstić information content (AvgIpc) is 3.03. The van der Waals surface area contributed by atoms with Crippen LogP contribution in [0.25, 0.3) is 0 Å².